The van der Waals surface area contributed by atoms with Gasteiger partial charge in [0.25, 0.3) is 0 Å². The van der Waals surface area contributed by atoms with Crippen molar-refractivity contribution in [1.82, 2.24) is 5.32 Å². The van der Waals surface area contributed by atoms with Crippen LogP contribution in [0.5, 0.6) is 0 Å². The summed E-state index contributed by atoms with van der Waals surface area (Å²) in [7, 11) is 0. The van der Waals surface area contributed by atoms with Crippen LogP contribution >= 0.6 is 12.6 Å². The van der Waals surface area contributed by atoms with Gasteiger partial charge in [0.2, 0.25) is 5.91 Å². The largest absolute Gasteiger partial charge is 0.345 e. The molecule has 1 aromatic carbocycles. The standard InChI is InChI=1S/C11H11NOS/c1-9(13)12-8-2-3-10-4-6-11(14)7-5-10/h4-7,14H,8H2,1H3,(H,12,13). The number of amides is 1. The van der Waals surface area contributed by atoms with E-state index in [2.05, 4.69) is 29.8 Å². The summed E-state index contributed by atoms with van der Waals surface area (Å²) < 4.78 is 0. The summed E-state index contributed by atoms with van der Waals surface area (Å²) in [6.07, 6.45) is 0. The van der Waals surface area contributed by atoms with E-state index in [0.29, 0.717) is 6.54 Å². The Morgan fingerprint density at radius 2 is 2.07 bits per heavy atom. The van der Waals surface area contributed by atoms with Gasteiger partial charge in [-0.25, -0.2) is 0 Å². The number of nitrogens with one attached hydrogen (secondary N) is 1. The molecule has 0 saturated carbocycles. The Morgan fingerprint density at radius 3 is 2.64 bits per heavy atom. The van der Waals surface area contributed by atoms with Crippen molar-refractivity contribution in [3.8, 4) is 11.8 Å². The maximum absolute atomic E-state index is 10.5. The van der Waals surface area contributed by atoms with Crippen LogP contribution in [-0.4, -0.2) is 12.5 Å². The van der Waals surface area contributed by atoms with Crippen LogP contribution in [0.15, 0.2) is 29.2 Å². The van der Waals surface area contributed by atoms with Crippen LogP contribution in [0.2, 0.25) is 0 Å². The average Bonchev–Trinajstić information content (AvgIpc) is 2.15. The first kappa shape index (κ1) is 10.7. The van der Waals surface area contributed by atoms with Crippen LogP contribution < -0.4 is 5.32 Å². The Bertz CT molecular complexity index is 373. The lowest BCUT2D eigenvalue weighted by Crippen LogP contribution is -2.19. The molecule has 0 spiro atoms. The monoisotopic (exact) mass is 205 g/mol. The minimum absolute atomic E-state index is 0.0648. The summed E-state index contributed by atoms with van der Waals surface area (Å²) in [6.45, 7) is 1.86. The van der Waals surface area contributed by atoms with Crippen molar-refractivity contribution in [1.29, 1.82) is 0 Å². The third-order valence-electron chi connectivity index (χ3n) is 1.53. The Hall–Kier alpha value is -1.40. The predicted octanol–water partition coefficient (Wildman–Crippen LogP) is 1.46. The minimum Gasteiger partial charge on any atom is -0.345 e. The van der Waals surface area contributed by atoms with Crippen molar-refractivity contribution in [2.24, 2.45) is 0 Å². The van der Waals surface area contributed by atoms with E-state index < -0.39 is 0 Å². The lowest BCUT2D eigenvalue weighted by molar-refractivity contribution is -0.118. The zero-order valence-corrected chi connectivity index (χ0v) is 8.77. The van der Waals surface area contributed by atoms with E-state index in [0.717, 1.165) is 10.5 Å². The van der Waals surface area contributed by atoms with E-state index in [1.54, 1.807) is 0 Å². The van der Waals surface area contributed by atoms with Crippen molar-refractivity contribution in [3.63, 3.8) is 0 Å². The first-order valence-corrected chi connectivity index (χ1v) is 4.65. The molecule has 0 aromatic heterocycles. The first-order valence-electron chi connectivity index (χ1n) is 4.21. The Balaban J connectivity index is 2.51. The fraction of sp³-hybridized carbons (Fsp3) is 0.182. The second-order valence-corrected chi connectivity index (χ2v) is 3.27. The van der Waals surface area contributed by atoms with Gasteiger partial charge in [0.1, 0.15) is 0 Å². The van der Waals surface area contributed by atoms with Gasteiger partial charge < -0.3 is 5.32 Å². The molecule has 72 valence electrons. The summed E-state index contributed by atoms with van der Waals surface area (Å²) in [4.78, 5) is 11.4. The van der Waals surface area contributed by atoms with Gasteiger partial charge in [0.05, 0.1) is 6.54 Å². The Kier molecular flexibility index (Phi) is 4.09. The number of hydrogen-bond acceptors (Lipinski definition) is 2. The van der Waals surface area contributed by atoms with E-state index in [-0.39, 0.29) is 5.91 Å². The molecule has 1 N–H and O–H groups in total. The second-order valence-electron chi connectivity index (χ2n) is 2.76. The van der Waals surface area contributed by atoms with Crippen LogP contribution in [0.25, 0.3) is 0 Å². The van der Waals surface area contributed by atoms with Gasteiger partial charge in [-0.1, -0.05) is 11.8 Å². The van der Waals surface area contributed by atoms with Gasteiger partial charge in [-0.2, -0.15) is 0 Å². The topological polar surface area (TPSA) is 29.1 Å². The molecule has 0 heterocycles. The van der Waals surface area contributed by atoms with Crippen LogP contribution in [0.1, 0.15) is 12.5 Å². The fourth-order valence-electron chi connectivity index (χ4n) is 0.860. The van der Waals surface area contributed by atoms with E-state index in [1.165, 1.54) is 6.92 Å². The zero-order chi connectivity index (χ0) is 10.4. The average molecular weight is 205 g/mol. The van der Waals surface area contributed by atoms with Crippen LogP contribution in [0, 0.1) is 11.8 Å². The molecule has 0 atom stereocenters. The highest BCUT2D eigenvalue weighted by Gasteiger charge is 1.86. The van der Waals surface area contributed by atoms with Gasteiger partial charge in [0, 0.05) is 17.4 Å². The first-order chi connectivity index (χ1) is 6.68. The smallest absolute Gasteiger partial charge is 0.217 e. The summed E-state index contributed by atoms with van der Waals surface area (Å²) in [5, 5.41) is 2.60. The molecule has 0 fully saturated rings. The molecule has 14 heavy (non-hydrogen) atoms. The van der Waals surface area contributed by atoms with E-state index in [1.807, 2.05) is 24.3 Å². The molecule has 1 aromatic rings. The van der Waals surface area contributed by atoms with Gasteiger partial charge in [-0.15, -0.1) is 12.6 Å². The normalized spacial score (nSPS) is 8.71. The molecule has 1 rings (SSSR count). The van der Waals surface area contributed by atoms with Gasteiger partial charge in [-0.05, 0) is 24.3 Å². The highest BCUT2D eigenvalue weighted by atomic mass is 32.1. The third-order valence-corrected chi connectivity index (χ3v) is 1.82. The number of carbonyl (C=O) groups is 1. The SMILES string of the molecule is CC(=O)NCC#Cc1ccc(S)cc1. The van der Waals surface area contributed by atoms with Crippen LogP contribution in [0.4, 0.5) is 0 Å². The van der Waals surface area contributed by atoms with Gasteiger partial charge >= 0.3 is 0 Å². The van der Waals surface area contributed by atoms with E-state index in [4.69, 9.17) is 0 Å². The van der Waals surface area contributed by atoms with Gasteiger partial charge in [-0.3, -0.25) is 4.79 Å². The van der Waals surface area contributed by atoms with E-state index in [9.17, 15) is 4.79 Å². The van der Waals surface area contributed by atoms with Crippen LogP contribution in [-0.2, 0) is 4.79 Å². The molecule has 0 aliphatic rings. The minimum atomic E-state index is -0.0648. The summed E-state index contributed by atoms with van der Waals surface area (Å²) in [5.74, 6) is 5.71. The molecule has 2 nitrogen and oxygen atoms in total. The molecule has 0 bridgehead atoms. The summed E-state index contributed by atoms with van der Waals surface area (Å²) in [5.41, 5.74) is 0.924. The second kappa shape index (κ2) is 5.36. The molecular formula is C11H11NOS. The van der Waals surface area contributed by atoms with Crippen molar-refractivity contribution in [3.05, 3.63) is 29.8 Å². The highest BCUT2D eigenvalue weighted by Crippen LogP contribution is 2.06. The molecule has 0 aliphatic carbocycles. The predicted molar refractivity (Wildman–Crippen MR) is 59.3 cm³/mol. The van der Waals surface area contributed by atoms with Crippen molar-refractivity contribution in [2.45, 2.75) is 11.8 Å². The number of thiol groups is 1. The highest BCUT2D eigenvalue weighted by molar-refractivity contribution is 7.80. The van der Waals surface area contributed by atoms with Crippen LogP contribution in [0.3, 0.4) is 0 Å². The molecule has 0 radical (unpaired) electrons. The van der Waals surface area contributed by atoms with E-state index >= 15 is 0 Å². The molecular weight excluding hydrogens is 194 g/mol. The van der Waals surface area contributed by atoms with Crippen molar-refractivity contribution < 1.29 is 4.79 Å². The van der Waals surface area contributed by atoms with Crippen molar-refractivity contribution >= 4 is 18.5 Å². The third kappa shape index (κ3) is 4.01. The lowest BCUT2D eigenvalue weighted by atomic mass is 10.2. The summed E-state index contributed by atoms with van der Waals surface area (Å²) in [6, 6.07) is 7.54. The molecule has 0 unspecified atom stereocenters. The maximum atomic E-state index is 10.5. The number of benzene rings is 1. The molecule has 3 heteroatoms. The molecule has 0 aliphatic heterocycles. The zero-order valence-electron chi connectivity index (χ0n) is 7.87. The van der Waals surface area contributed by atoms with Gasteiger partial charge in [0.15, 0.2) is 0 Å². The Labute approximate surface area is 89.1 Å². The number of rotatable bonds is 1. The molecule has 0 saturated heterocycles. The lowest BCUT2D eigenvalue weighted by Gasteiger charge is -1.92. The molecule has 1 amide bonds. The number of carbonyl (C=O) groups excluding carboxylic acids is 1. The maximum Gasteiger partial charge on any atom is 0.217 e. The number of hydrogen-bond donors (Lipinski definition) is 2. The van der Waals surface area contributed by atoms with Crippen molar-refractivity contribution in [2.75, 3.05) is 6.54 Å². The quantitative estimate of drug-likeness (QED) is 0.527. The summed E-state index contributed by atoms with van der Waals surface area (Å²) >= 11 is 4.16. The Morgan fingerprint density at radius 1 is 1.43 bits per heavy atom. The fourth-order valence-corrected chi connectivity index (χ4v) is 1.01.